The monoisotopic (exact) mass is 504 g/mol. The van der Waals surface area contributed by atoms with Gasteiger partial charge in [-0.25, -0.2) is 0 Å². The molecule has 0 heterocycles. The van der Waals surface area contributed by atoms with Crippen LogP contribution in [0.3, 0.4) is 0 Å². The summed E-state index contributed by atoms with van der Waals surface area (Å²) in [6.07, 6.45) is 0. The van der Waals surface area contributed by atoms with E-state index in [9.17, 15) is 9.59 Å². The van der Waals surface area contributed by atoms with Crippen molar-refractivity contribution in [1.29, 1.82) is 0 Å². The molecule has 0 aliphatic rings. The first-order valence-corrected chi connectivity index (χ1v) is 11.5. The van der Waals surface area contributed by atoms with E-state index in [-0.39, 0.29) is 17.1 Å². The Morgan fingerprint density at radius 2 is 1.42 bits per heavy atom. The van der Waals surface area contributed by atoms with Gasteiger partial charge in [0.25, 0.3) is 5.91 Å². The molecule has 3 aromatic carbocycles. The topological polar surface area (TPSA) is 76.7 Å². The van der Waals surface area contributed by atoms with Crippen LogP contribution in [0.2, 0.25) is 10.0 Å². The summed E-state index contributed by atoms with van der Waals surface area (Å²) in [6.45, 7) is 1.80. The number of halogens is 2. The van der Waals surface area contributed by atoms with Crippen molar-refractivity contribution in [2.75, 3.05) is 24.9 Å². The molecule has 0 bridgehead atoms. The summed E-state index contributed by atoms with van der Waals surface area (Å²) in [5.74, 6) is 0.302. The molecule has 2 amide bonds. The van der Waals surface area contributed by atoms with Gasteiger partial charge in [0.15, 0.2) is 0 Å². The Kier molecular flexibility index (Phi) is 8.49. The fourth-order valence-electron chi connectivity index (χ4n) is 3.01. The first kappa shape index (κ1) is 24.8. The fourth-order valence-corrected chi connectivity index (χ4v) is 4.41. The highest BCUT2D eigenvalue weighted by molar-refractivity contribution is 8.00. The van der Waals surface area contributed by atoms with Crippen LogP contribution in [0.15, 0.2) is 65.6 Å². The zero-order valence-corrected chi connectivity index (χ0v) is 20.5. The molecule has 0 saturated heterocycles. The molecule has 1 unspecified atom stereocenters. The smallest absolute Gasteiger partial charge is 0.263 e. The van der Waals surface area contributed by atoms with Crippen molar-refractivity contribution in [3.8, 4) is 11.5 Å². The van der Waals surface area contributed by atoms with Crippen molar-refractivity contribution in [2.45, 2.75) is 17.1 Å². The van der Waals surface area contributed by atoms with Gasteiger partial charge in [0, 0.05) is 26.3 Å². The zero-order chi connectivity index (χ0) is 24.0. The molecule has 0 aliphatic heterocycles. The molecule has 33 heavy (non-hydrogen) atoms. The molecule has 0 fully saturated rings. The zero-order valence-electron chi connectivity index (χ0n) is 18.1. The quantitative estimate of drug-likeness (QED) is 0.348. The summed E-state index contributed by atoms with van der Waals surface area (Å²) in [5.41, 5.74) is 1.45. The van der Waals surface area contributed by atoms with Crippen LogP contribution in [0.5, 0.6) is 11.5 Å². The maximum atomic E-state index is 12.8. The number of carbonyl (C=O) groups is 2. The van der Waals surface area contributed by atoms with Crippen LogP contribution in [0, 0.1) is 0 Å². The average Bonchev–Trinajstić information content (AvgIpc) is 2.78. The predicted molar refractivity (Wildman–Crippen MR) is 134 cm³/mol. The van der Waals surface area contributed by atoms with Gasteiger partial charge in [0.1, 0.15) is 17.1 Å². The second-order valence-corrected chi connectivity index (χ2v) is 9.21. The minimum atomic E-state index is -0.374. The third-order valence-electron chi connectivity index (χ3n) is 4.58. The van der Waals surface area contributed by atoms with E-state index in [4.69, 9.17) is 32.7 Å². The minimum Gasteiger partial charge on any atom is -0.496 e. The Labute approximate surface area is 206 Å². The molecule has 3 rings (SSSR count). The molecule has 0 aromatic heterocycles. The van der Waals surface area contributed by atoms with Crippen LogP contribution < -0.4 is 20.1 Å². The van der Waals surface area contributed by atoms with E-state index in [0.717, 1.165) is 4.90 Å². The first-order valence-electron chi connectivity index (χ1n) is 9.86. The first-order chi connectivity index (χ1) is 15.8. The van der Waals surface area contributed by atoms with Gasteiger partial charge >= 0.3 is 0 Å². The van der Waals surface area contributed by atoms with Crippen molar-refractivity contribution in [1.82, 2.24) is 0 Å². The maximum absolute atomic E-state index is 12.8. The standard InChI is InChI=1S/C24H22Cl2N2O4S/c1-14(23(29)28-18-12-15(25)11-16(26)13-18)33-19-9-7-17(8-10-19)27-24(30)22-20(31-2)5-4-6-21(22)32-3/h4-14H,1-3H3,(H,27,30)(H,28,29). The highest BCUT2D eigenvalue weighted by Gasteiger charge is 2.19. The normalized spacial score (nSPS) is 11.4. The Morgan fingerprint density at radius 1 is 0.848 bits per heavy atom. The van der Waals surface area contributed by atoms with Crippen LogP contribution in [0.4, 0.5) is 11.4 Å². The van der Waals surface area contributed by atoms with Gasteiger partial charge in [0.2, 0.25) is 5.91 Å². The number of amides is 2. The molecule has 3 aromatic rings. The maximum Gasteiger partial charge on any atom is 0.263 e. The Balaban J connectivity index is 1.63. The summed E-state index contributed by atoms with van der Waals surface area (Å²) in [7, 11) is 2.99. The van der Waals surface area contributed by atoms with Crippen LogP contribution in [0.25, 0.3) is 0 Å². The lowest BCUT2D eigenvalue weighted by Crippen LogP contribution is -2.22. The van der Waals surface area contributed by atoms with Crippen molar-refractivity contribution in [3.05, 3.63) is 76.3 Å². The van der Waals surface area contributed by atoms with Crippen molar-refractivity contribution in [2.24, 2.45) is 0 Å². The Bertz CT molecular complexity index is 1110. The lowest BCUT2D eigenvalue weighted by molar-refractivity contribution is -0.115. The van der Waals surface area contributed by atoms with Gasteiger partial charge in [-0.3, -0.25) is 9.59 Å². The highest BCUT2D eigenvalue weighted by atomic mass is 35.5. The van der Waals surface area contributed by atoms with Gasteiger partial charge < -0.3 is 20.1 Å². The number of methoxy groups -OCH3 is 2. The molecule has 0 aliphatic carbocycles. The van der Waals surface area contributed by atoms with Gasteiger partial charge in [-0.1, -0.05) is 29.3 Å². The number of anilines is 2. The Hall–Kier alpha value is -2.87. The molecule has 0 radical (unpaired) electrons. The lowest BCUT2D eigenvalue weighted by atomic mass is 10.1. The van der Waals surface area contributed by atoms with Gasteiger partial charge in [-0.05, 0) is 61.5 Å². The van der Waals surface area contributed by atoms with Crippen molar-refractivity contribution in [3.63, 3.8) is 0 Å². The number of rotatable bonds is 8. The number of thioether (sulfide) groups is 1. The minimum absolute atomic E-state index is 0.181. The van der Waals surface area contributed by atoms with Crippen LogP contribution >= 0.6 is 35.0 Å². The van der Waals surface area contributed by atoms with Gasteiger partial charge in [-0.2, -0.15) is 0 Å². The number of ether oxygens (including phenoxy) is 2. The van der Waals surface area contributed by atoms with Crippen molar-refractivity contribution >= 4 is 58.2 Å². The van der Waals surface area contributed by atoms with Crippen LogP contribution in [0.1, 0.15) is 17.3 Å². The van der Waals surface area contributed by atoms with Gasteiger partial charge in [0.05, 0.1) is 19.5 Å². The Morgan fingerprint density at radius 3 is 1.97 bits per heavy atom. The van der Waals surface area contributed by atoms with Crippen molar-refractivity contribution < 1.29 is 19.1 Å². The SMILES string of the molecule is COc1cccc(OC)c1C(=O)Nc1ccc(SC(C)C(=O)Nc2cc(Cl)cc(Cl)c2)cc1. The molecule has 9 heteroatoms. The second kappa shape index (κ2) is 11.3. The van der Waals surface area contributed by atoms with E-state index in [1.54, 1.807) is 55.5 Å². The number of hydrogen-bond donors (Lipinski definition) is 2. The van der Waals surface area contributed by atoms with E-state index in [1.165, 1.54) is 26.0 Å². The molecule has 0 spiro atoms. The molecule has 1 atom stereocenters. The summed E-state index contributed by atoms with van der Waals surface area (Å²) < 4.78 is 10.6. The average molecular weight is 505 g/mol. The van der Waals surface area contributed by atoms with E-state index < -0.39 is 0 Å². The molecular weight excluding hydrogens is 483 g/mol. The van der Waals surface area contributed by atoms with E-state index in [0.29, 0.717) is 38.5 Å². The molecule has 172 valence electrons. The number of benzene rings is 3. The highest BCUT2D eigenvalue weighted by Crippen LogP contribution is 2.30. The molecule has 6 nitrogen and oxygen atoms in total. The molecule has 0 saturated carbocycles. The summed E-state index contributed by atoms with van der Waals surface area (Å²) in [6, 6.07) is 17.2. The van der Waals surface area contributed by atoms with E-state index in [2.05, 4.69) is 10.6 Å². The molecular formula is C24H22Cl2N2O4S. The molecule has 2 N–H and O–H groups in total. The van der Waals surface area contributed by atoms with Gasteiger partial charge in [-0.15, -0.1) is 11.8 Å². The van der Waals surface area contributed by atoms with E-state index in [1.807, 2.05) is 12.1 Å². The summed E-state index contributed by atoms with van der Waals surface area (Å²) in [4.78, 5) is 26.2. The summed E-state index contributed by atoms with van der Waals surface area (Å²) in [5, 5.41) is 6.17. The predicted octanol–water partition coefficient (Wildman–Crippen LogP) is 6.38. The fraction of sp³-hybridized carbons (Fsp3) is 0.167. The van der Waals surface area contributed by atoms with Crippen LogP contribution in [-0.2, 0) is 4.79 Å². The third-order valence-corrected chi connectivity index (χ3v) is 6.13. The number of carbonyl (C=O) groups excluding carboxylic acids is 2. The van der Waals surface area contributed by atoms with E-state index >= 15 is 0 Å². The van der Waals surface area contributed by atoms with Crippen LogP contribution in [-0.4, -0.2) is 31.3 Å². The second-order valence-electron chi connectivity index (χ2n) is 6.92. The lowest BCUT2D eigenvalue weighted by Gasteiger charge is -2.14. The summed E-state index contributed by atoms with van der Waals surface area (Å²) >= 11 is 13.3. The third kappa shape index (κ3) is 6.57. The number of hydrogen-bond acceptors (Lipinski definition) is 5. The number of nitrogens with one attached hydrogen (secondary N) is 2. The largest absolute Gasteiger partial charge is 0.496 e.